The molecule has 1 rings (SSSR count). The van der Waals surface area contributed by atoms with Crippen LogP contribution in [0.15, 0.2) is 24.3 Å². The number of ether oxygens (including phenoxy) is 1. The number of halogens is 1. The van der Waals surface area contributed by atoms with Crippen molar-refractivity contribution >= 4 is 23.5 Å². The third kappa shape index (κ3) is 4.74. The lowest BCUT2D eigenvalue weighted by Gasteiger charge is -2.26. The van der Waals surface area contributed by atoms with Crippen LogP contribution >= 0.6 is 11.6 Å². The molecule has 0 aromatic heterocycles. The molecule has 0 fully saturated rings. The van der Waals surface area contributed by atoms with Crippen LogP contribution in [-0.2, 0) is 9.59 Å². The van der Waals surface area contributed by atoms with Gasteiger partial charge >= 0.3 is 5.97 Å². The number of carboxylic acid groups (broad SMARTS) is 1. The number of nitrogens with zero attached hydrogens (tertiary/aromatic N) is 1. The Morgan fingerprint density at radius 2 is 2.05 bits per heavy atom. The molecule has 1 atom stereocenters. The molecule has 0 aliphatic carbocycles. The van der Waals surface area contributed by atoms with Crippen molar-refractivity contribution in [3.63, 3.8) is 0 Å². The zero-order valence-electron chi connectivity index (χ0n) is 11.5. The second kappa shape index (κ2) is 7.75. The van der Waals surface area contributed by atoms with Gasteiger partial charge in [-0.3, -0.25) is 9.59 Å². The molecule has 0 saturated heterocycles. The zero-order chi connectivity index (χ0) is 15.1. The van der Waals surface area contributed by atoms with Gasteiger partial charge in [0, 0.05) is 6.04 Å². The molecule has 1 N–H and O–H groups in total. The summed E-state index contributed by atoms with van der Waals surface area (Å²) < 4.78 is 5.34. The molecule has 0 heterocycles. The molecule has 0 bridgehead atoms. The maximum Gasteiger partial charge on any atom is 0.323 e. The van der Waals surface area contributed by atoms with Gasteiger partial charge in [-0.25, -0.2) is 0 Å². The number of amides is 1. The largest absolute Gasteiger partial charge is 0.482 e. The summed E-state index contributed by atoms with van der Waals surface area (Å²) in [6.07, 6.45) is 0.672. The molecular formula is C14H18ClNO4. The van der Waals surface area contributed by atoms with Crippen LogP contribution in [0.3, 0.4) is 0 Å². The number of carbonyl (C=O) groups excluding carboxylic acids is 1. The Morgan fingerprint density at radius 1 is 1.40 bits per heavy atom. The van der Waals surface area contributed by atoms with Gasteiger partial charge in [-0.15, -0.1) is 0 Å². The first kappa shape index (κ1) is 16.3. The van der Waals surface area contributed by atoms with Crippen molar-refractivity contribution in [1.29, 1.82) is 0 Å². The van der Waals surface area contributed by atoms with E-state index in [4.69, 9.17) is 21.4 Å². The first-order chi connectivity index (χ1) is 9.45. The Balaban J connectivity index is 2.67. The number of hydrogen-bond donors (Lipinski definition) is 1. The number of para-hydroxylation sites is 1. The summed E-state index contributed by atoms with van der Waals surface area (Å²) >= 11 is 5.92. The molecule has 20 heavy (non-hydrogen) atoms. The van der Waals surface area contributed by atoms with E-state index in [2.05, 4.69) is 0 Å². The molecule has 6 heteroatoms. The van der Waals surface area contributed by atoms with Crippen molar-refractivity contribution in [2.45, 2.75) is 26.3 Å². The summed E-state index contributed by atoms with van der Waals surface area (Å²) in [5, 5.41) is 9.26. The van der Waals surface area contributed by atoms with Gasteiger partial charge in [-0.2, -0.15) is 0 Å². The fourth-order valence-corrected chi connectivity index (χ4v) is 1.83. The highest BCUT2D eigenvalue weighted by atomic mass is 35.5. The molecular weight excluding hydrogens is 282 g/mol. The average Bonchev–Trinajstić information content (AvgIpc) is 2.42. The maximum atomic E-state index is 12.1. The average molecular weight is 300 g/mol. The van der Waals surface area contributed by atoms with E-state index in [0.717, 1.165) is 0 Å². The quantitative estimate of drug-likeness (QED) is 0.839. The second-order valence-electron chi connectivity index (χ2n) is 4.39. The third-order valence-corrected chi connectivity index (χ3v) is 3.25. The van der Waals surface area contributed by atoms with Gasteiger partial charge in [0.25, 0.3) is 5.91 Å². The van der Waals surface area contributed by atoms with Crippen LogP contribution in [0.25, 0.3) is 0 Å². The van der Waals surface area contributed by atoms with E-state index in [1.54, 1.807) is 31.2 Å². The smallest absolute Gasteiger partial charge is 0.323 e. The van der Waals surface area contributed by atoms with Crippen molar-refractivity contribution in [2.24, 2.45) is 0 Å². The van der Waals surface area contributed by atoms with E-state index in [0.29, 0.717) is 17.2 Å². The van der Waals surface area contributed by atoms with Gasteiger partial charge in [-0.05, 0) is 25.5 Å². The maximum absolute atomic E-state index is 12.1. The summed E-state index contributed by atoms with van der Waals surface area (Å²) in [5.41, 5.74) is 0. The number of hydrogen-bond acceptors (Lipinski definition) is 3. The molecule has 0 aliphatic heterocycles. The summed E-state index contributed by atoms with van der Waals surface area (Å²) in [6, 6.07) is 6.65. The molecule has 1 unspecified atom stereocenters. The van der Waals surface area contributed by atoms with Crippen molar-refractivity contribution in [3.05, 3.63) is 29.3 Å². The predicted octanol–water partition coefficient (Wildman–Crippen LogP) is 2.43. The van der Waals surface area contributed by atoms with Gasteiger partial charge in [-0.1, -0.05) is 30.7 Å². The van der Waals surface area contributed by atoms with Crippen molar-refractivity contribution in [2.75, 3.05) is 13.2 Å². The van der Waals surface area contributed by atoms with Crippen molar-refractivity contribution in [3.8, 4) is 5.75 Å². The molecule has 5 nitrogen and oxygen atoms in total. The minimum atomic E-state index is -1.05. The highest BCUT2D eigenvalue weighted by Crippen LogP contribution is 2.23. The normalized spacial score (nSPS) is 11.8. The summed E-state index contributed by atoms with van der Waals surface area (Å²) in [7, 11) is 0. The zero-order valence-corrected chi connectivity index (χ0v) is 12.3. The van der Waals surface area contributed by atoms with E-state index in [9.17, 15) is 9.59 Å². The molecule has 110 valence electrons. The topological polar surface area (TPSA) is 66.8 Å². The van der Waals surface area contributed by atoms with E-state index in [1.165, 1.54) is 4.90 Å². The SMILES string of the molecule is CCC(C)N(CC(=O)O)C(=O)COc1ccccc1Cl. The monoisotopic (exact) mass is 299 g/mol. The number of aliphatic carboxylic acids is 1. The van der Waals surface area contributed by atoms with Crippen LogP contribution in [0, 0.1) is 0 Å². The minimum Gasteiger partial charge on any atom is -0.482 e. The van der Waals surface area contributed by atoms with E-state index < -0.39 is 5.97 Å². The Kier molecular flexibility index (Phi) is 6.31. The molecule has 0 spiro atoms. The highest BCUT2D eigenvalue weighted by molar-refractivity contribution is 6.32. The third-order valence-electron chi connectivity index (χ3n) is 2.94. The number of rotatable bonds is 7. The van der Waals surface area contributed by atoms with Gasteiger partial charge < -0.3 is 14.7 Å². The molecule has 1 amide bonds. The van der Waals surface area contributed by atoms with Crippen LogP contribution in [0.1, 0.15) is 20.3 Å². The first-order valence-corrected chi connectivity index (χ1v) is 6.72. The van der Waals surface area contributed by atoms with E-state index in [1.807, 2.05) is 6.92 Å². The van der Waals surface area contributed by atoms with E-state index in [-0.39, 0.29) is 25.1 Å². The van der Waals surface area contributed by atoms with Crippen molar-refractivity contribution in [1.82, 2.24) is 4.90 Å². The van der Waals surface area contributed by atoms with Crippen LogP contribution in [-0.4, -0.2) is 41.1 Å². The molecule has 0 aliphatic rings. The molecule has 0 radical (unpaired) electrons. The lowest BCUT2D eigenvalue weighted by Crippen LogP contribution is -2.44. The van der Waals surface area contributed by atoms with Gasteiger partial charge in [0.15, 0.2) is 6.61 Å². The summed E-state index contributed by atoms with van der Waals surface area (Å²) in [6.45, 7) is 3.12. The predicted molar refractivity (Wildman–Crippen MR) is 76.0 cm³/mol. The van der Waals surface area contributed by atoms with Crippen LogP contribution < -0.4 is 4.74 Å². The fourth-order valence-electron chi connectivity index (χ4n) is 1.64. The Labute approximate surface area is 123 Å². The summed E-state index contributed by atoms with van der Waals surface area (Å²) in [5.74, 6) is -1.01. The van der Waals surface area contributed by atoms with Crippen LogP contribution in [0.2, 0.25) is 5.02 Å². The Hall–Kier alpha value is -1.75. The van der Waals surface area contributed by atoms with Crippen molar-refractivity contribution < 1.29 is 19.4 Å². The lowest BCUT2D eigenvalue weighted by molar-refractivity contribution is -0.147. The first-order valence-electron chi connectivity index (χ1n) is 6.34. The van der Waals surface area contributed by atoms with E-state index >= 15 is 0 Å². The van der Waals surface area contributed by atoms with Crippen LogP contribution in [0.5, 0.6) is 5.75 Å². The van der Waals surface area contributed by atoms with Gasteiger partial charge in [0.2, 0.25) is 0 Å². The van der Waals surface area contributed by atoms with Crippen LogP contribution in [0.4, 0.5) is 0 Å². The second-order valence-corrected chi connectivity index (χ2v) is 4.80. The number of carboxylic acids is 1. The highest BCUT2D eigenvalue weighted by Gasteiger charge is 2.22. The number of benzene rings is 1. The molecule has 1 aromatic rings. The Bertz CT molecular complexity index is 478. The van der Waals surface area contributed by atoms with Gasteiger partial charge in [0.1, 0.15) is 12.3 Å². The minimum absolute atomic E-state index is 0.159. The lowest BCUT2D eigenvalue weighted by atomic mass is 10.2. The number of carbonyl (C=O) groups is 2. The standard InChI is InChI=1S/C14H18ClNO4/c1-3-10(2)16(8-14(18)19)13(17)9-20-12-7-5-4-6-11(12)15/h4-7,10H,3,8-9H2,1-2H3,(H,18,19). The summed E-state index contributed by atoms with van der Waals surface area (Å²) in [4.78, 5) is 24.2. The van der Waals surface area contributed by atoms with Gasteiger partial charge in [0.05, 0.1) is 5.02 Å². The Morgan fingerprint density at radius 3 is 2.60 bits per heavy atom. The fraction of sp³-hybridized carbons (Fsp3) is 0.429. The molecule has 0 saturated carbocycles. The molecule has 1 aromatic carbocycles.